The zero-order chi connectivity index (χ0) is 14.4. The van der Waals surface area contributed by atoms with Gasteiger partial charge >= 0.3 is 0 Å². The molecule has 1 amide bonds. The number of nitrogens with one attached hydrogen (secondary N) is 1. The summed E-state index contributed by atoms with van der Waals surface area (Å²) in [6.07, 6.45) is 0.820. The van der Waals surface area contributed by atoms with Crippen molar-refractivity contribution < 1.29 is 15.0 Å². The summed E-state index contributed by atoms with van der Waals surface area (Å²) >= 11 is 0. The van der Waals surface area contributed by atoms with Crippen LogP contribution in [0.3, 0.4) is 0 Å². The van der Waals surface area contributed by atoms with Gasteiger partial charge in [0.05, 0.1) is 24.2 Å². The molecule has 6 nitrogen and oxygen atoms in total. The van der Waals surface area contributed by atoms with Gasteiger partial charge in [-0.2, -0.15) is 0 Å². The molecule has 0 spiro atoms. The lowest BCUT2D eigenvalue weighted by Gasteiger charge is -2.20. The first-order chi connectivity index (χ1) is 9.74. The topological polar surface area (TPSA) is 89.5 Å². The molecule has 0 aliphatic rings. The van der Waals surface area contributed by atoms with E-state index in [0.717, 1.165) is 16.9 Å². The Morgan fingerprint density at radius 3 is 2.55 bits per heavy atom. The van der Waals surface area contributed by atoms with Gasteiger partial charge in [0.15, 0.2) is 0 Å². The number of fused-ring (bicyclic) bond motifs is 1. The van der Waals surface area contributed by atoms with Crippen molar-refractivity contribution in [1.82, 2.24) is 14.9 Å². The third-order valence-electron chi connectivity index (χ3n) is 3.11. The van der Waals surface area contributed by atoms with Gasteiger partial charge in [0.2, 0.25) is 5.91 Å². The van der Waals surface area contributed by atoms with Crippen LogP contribution in [0.15, 0.2) is 24.3 Å². The van der Waals surface area contributed by atoms with Gasteiger partial charge in [-0.1, -0.05) is 12.1 Å². The molecule has 20 heavy (non-hydrogen) atoms. The lowest BCUT2D eigenvalue weighted by molar-refractivity contribution is -0.132. The van der Waals surface area contributed by atoms with E-state index in [9.17, 15) is 4.79 Å². The number of benzene rings is 1. The fourth-order valence-corrected chi connectivity index (χ4v) is 2.11. The number of aryl methyl sites for hydroxylation is 1. The maximum atomic E-state index is 12.0. The summed E-state index contributed by atoms with van der Waals surface area (Å²) in [5.41, 5.74) is 1.84. The first-order valence-electron chi connectivity index (χ1n) is 6.67. The number of aromatic nitrogens is 2. The van der Waals surface area contributed by atoms with Crippen LogP contribution in [0.1, 0.15) is 12.2 Å². The molecule has 6 heteroatoms. The molecule has 1 heterocycles. The van der Waals surface area contributed by atoms with E-state index in [1.165, 1.54) is 4.90 Å². The highest BCUT2D eigenvalue weighted by atomic mass is 16.3. The Hall–Kier alpha value is -1.92. The first kappa shape index (κ1) is 14.5. The monoisotopic (exact) mass is 277 g/mol. The number of carbonyl (C=O) groups is 1. The van der Waals surface area contributed by atoms with Gasteiger partial charge in [0, 0.05) is 25.9 Å². The number of amides is 1. The Morgan fingerprint density at radius 2 is 1.90 bits per heavy atom. The molecule has 0 saturated heterocycles. The molecule has 3 N–H and O–H groups in total. The number of rotatable bonds is 7. The van der Waals surface area contributed by atoms with E-state index >= 15 is 0 Å². The minimum absolute atomic E-state index is 0.0893. The summed E-state index contributed by atoms with van der Waals surface area (Å²) in [4.78, 5) is 21.0. The Morgan fingerprint density at radius 1 is 1.20 bits per heavy atom. The van der Waals surface area contributed by atoms with Crippen molar-refractivity contribution in [2.75, 3.05) is 26.3 Å². The fraction of sp³-hybridized carbons (Fsp3) is 0.429. The lowest BCUT2D eigenvalue weighted by Crippen LogP contribution is -2.36. The number of aliphatic hydroxyl groups excluding tert-OH is 2. The van der Waals surface area contributed by atoms with Crippen molar-refractivity contribution in [3.05, 3.63) is 30.1 Å². The number of H-pyrrole nitrogens is 1. The van der Waals surface area contributed by atoms with Crippen molar-refractivity contribution in [3.8, 4) is 0 Å². The second kappa shape index (κ2) is 7.02. The number of imidazole rings is 1. The molecular formula is C14H19N3O3. The molecule has 2 rings (SSSR count). The Bertz CT molecular complexity index is 529. The second-order valence-corrected chi connectivity index (χ2v) is 4.53. The number of hydrogen-bond acceptors (Lipinski definition) is 4. The summed E-state index contributed by atoms with van der Waals surface area (Å²) in [5, 5.41) is 17.8. The molecule has 0 aliphatic heterocycles. The Balaban J connectivity index is 1.94. The van der Waals surface area contributed by atoms with Crippen molar-refractivity contribution in [3.63, 3.8) is 0 Å². The van der Waals surface area contributed by atoms with Crippen LogP contribution in [0.2, 0.25) is 0 Å². The van der Waals surface area contributed by atoms with Gasteiger partial charge in [-0.25, -0.2) is 4.98 Å². The number of carbonyl (C=O) groups excluding carboxylic acids is 1. The molecule has 0 atom stereocenters. The van der Waals surface area contributed by atoms with Crippen molar-refractivity contribution >= 4 is 16.9 Å². The van der Waals surface area contributed by atoms with E-state index in [2.05, 4.69) is 9.97 Å². The SMILES string of the molecule is O=C(CCc1nc2ccccc2[nH]1)N(CCO)CCO. The summed E-state index contributed by atoms with van der Waals surface area (Å²) in [6.45, 7) is 0.297. The normalized spacial score (nSPS) is 10.9. The summed E-state index contributed by atoms with van der Waals surface area (Å²) in [5.74, 6) is 0.682. The summed E-state index contributed by atoms with van der Waals surface area (Å²) in [6, 6.07) is 7.71. The molecule has 0 saturated carbocycles. The summed E-state index contributed by atoms with van der Waals surface area (Å²) in [7, 11) is 0. The van der Waals surface area contributed by atoms with Crippen molar-refractivity contribution in [1.29, 1.82) is 0 Å². The number of hydrogen-bond donors (Lipinski definition) is 3. The number of para-hydroxylation sites is 2. The maximum Gasteiger partial charge on any atom is 0.223 e. The van der Waals surface area contributed by atoms with Gasteiger partial charge < -0.3 is 20.1 Å². The maximum absolute atomic E-state index is 12.0. The molecule has 1 aromatic carbocycles. The minimum atomic E-state index is -0.101. The molecule has 0 fully saturated rings. The zero-order valence-electron chi connectivity index (χ0n) is 11.2. The Kier molecular flexibility index (Phi) is 5.09. The number of nitrogens with zero attached hydrogens (tertiary/aromatic N) is 2. The lowest BCUT2D eigenvalue weighted by atomic mass is 10.2. The van der Waals surface area contributed by atoms with Gasteiger partial charge in [0.25, 0.3) is 0 Å². The highest BCUT2D eigenvalue weighted by Crippen LogP contribution is 2.11. The standard InChI is InChI=1S/C14H19N3O3/c18-9-7-17(8-10-19)14(20)6-5-13-15-11-3-1-2-4-12(11)16-13/h1-4,18-19H,5-10H2,(H,15,16). The van der Waals surface area contributed by atoms with Crippen LogP contribution in [0.25, 0.3) is 11.0 Å². The summed E-state index contributed by atoms with van der Waals surface area (Å²) < 4.78 is 0. The molecule has 0 unspecified atom stereocenters. The second-order valence-electron chi connectivity index (χ2n) is 4.53. The fourth-order valence-electron chi connectivity index (χ4n) is 2.11. The third-order valence-corrected chi connectivity index (χ3v) is 3.11. The first-order valence-corrected chi connectivity index (χ1v) is 6.67. The number of aromatic amines is 1. The van der Waals surface area contributed by atoms with Crippen LogP contribution in [-0.2, 0) is 11.2 Å². The van der Waals surface area contributed by atoms with Crippen LogP contribution < -0.4 is 0 Å². The quantitative estimate of drug-likeness (QED) is 0.679. The molecule has 1 aromatic heterocycles. The smallest absolute Gasteiger partial charge is 0.223 e. The van der Waals surface area contributed by atoms with Crippen LogP contribution in [0, 0.1) is 0 Å². The van der Waals surface area contributed by atoms with E-state index in [1.807, 2.05) is 24.3 Å². The van der Waals surface area contributed by atoms with Crippen molar-refractivity contribution in [2.45, 2.75) is 12.8 Å². The van der Waals surface area contributed by atoms with Gasteiger partial charge in [0.1, 0.15) is 5.82 Å². The number of aliphatic hydroxyl groups is 2. The van der Waals surface area contributed by atoms with E-state index in [4.69, 9.17) is 10.2 Å². The highest BCUT2D eigenvalue weighted by molar-refractivity contribution is 5.77. The van der Waals surface area contributed by atoms with E-state index in [0.29, 0.717) is 12.8 Å². The van der Waals surface area contributed by atoms with Gasteiger partial charge in [-0.05, 0) is 12.1 Å². The Labute approximate surface area is 117 Å². The van der Waals surface area contributed by atoms with Crippen molar-refractivity contribution in [2.24, 2.45) is 0 Å². The van der Waals surface area contributed by atoms with E-state index < -0.39 is 0 Å². The van der Waals surface area contributed by atoms with Gasteiger partial charge in [-0.3, -0.25) is 4.79 Å². The van der Waals surface area contributed by atoms with Crippen LogP contribution >= 0.6 is 0 Å². The largest absolute Gasteiger partial charge is 0.395 e. The highest BCUT2D eigenvalue weighted by Gasteiger charge is 2.13. The average molecular weight is 277 g/mol. The van der Waals surface area contributed by atoms with Crippen LogP contribution in [0.4, 0.5) is 0 Å². The average Bonchev–Trinajstić information content (AvgIpc) is 2.87. The third kappa shape index (κ3) is 3.55. The van der Waals surface area contributed by atoms with E-state index in [-0.39, 0.29) is 32.2 Å². The minimum Gasteiger partial charge on any atom is -0.395 e. The molecule has 108 valence electrons. The van der Waals surface area contributed by atoms with Crippen LogP contribution in [-0.4, -0.2) is 57.3 Å². The molecule has 0 aliphatic carbocycles. The molecule has 0 radical (unpaired) electrons. The van der Waals surface area contributed by atoms with Crippen LogP contribution in [0.5, 0.6) is 0 Å². The zero-order valence-corrected chi connectivity index (χ0v) is 11.2. The molecule has 2 aromatic rings. The molecular weight excluding hydrogens is 258 g/mol. The van der Waals surface area contributed by atoms with E-state index in [1.54, 1.807) is 0 Å². The van der Waals surface area contributed by atoms with Gasteiger partial charge in [-0.15, -0.1) is 0 Å². The molecule has 0 bridgehead atoms. The predicted octanol–water partition coefficient (Wildman–Crippen LogP) is 0.309. The predicted molar refractivity (Wildman–Crippen MR) is 75.2 cm³/mol.